The number of methoxy groups -OCH3 is 1. The normalized spacial score (nSPS) is 10.8. The number of rotatable bonds is 3. The van der Waals surface area contributed by atoms with Crippen molar-refractivity contribution in [2.45, 2.75) is 13.5 Å². The van der Waals surface area contributed by atoms with Gasteiger partial charge in [-0.3, -0.25) is 15.4 Å². The molecule has 0 spiro atoms. The minimum absolute atomic E-state index is 0.197. The van der Waals surface area contributed by atoms with E-state index in [0.717, 1.165) is 11.1 Å². The van der Waals surface area contributed by atoms with Gasteiger partial charge in [-0.15, -0.1) is 0 Å². The fraction of sp³-hybridized carbons (Fsp3) is 0.167. The highest BCUT2D eigenvalue weighted by molar-refractivity contribution is 5.97. The summed E-state index contributed by atoms with van der Waals surface area (Å²) >= 11 is 0. The maximum absolute atomic E-state index is 12.2. The Balaban J connectivity index is 2.29. The van der Waals surface area contributed by atoms with Gasteiger partial charge < -0.3 is 9.30 Å². The fourth-order valence-corrected chi connectivity index (χ4v) is 2.84. The molecule has 0 bridgehead atoms. The quantitative estimate of drug-likeness (QED) is 0.441. The van der Waals surface area contributed by atoms with Gasteiger partial charge in [0, 0.05) is 6.54 Å². The van der Waals surface area contributed by atoms with Crippen LogP contribution in [0.5, 0.6) is 0 Å². The van der Waals surface area contributed by atoms with Gasteiger partial charge in [0.05, 0.1) is 18.1 Å². The molecule has 24 heavy (non-hydrogen) atoms. The largest absolute Gasteiger partial charge is 0.464 e. The molecule has 3 rings (SSSR count). The number of carbonyl (C=O) groups is 1. The van der Waals surface area contributed by atoms with E-state index in [9.17, 15) is 4.79 Å². The van der Waals surface area contributed by atoms with E-state index in [1.165, 1.54) is 11.7 Å². The van der Waals surface area contributed by atoms with Gasteiger partial charge in [0.2, 0.25) is 0 Å². The first-order chi connectivity index (χ1) is 11.5. The molecule has 0 aliphatic carbocycles. The SMILES string of the molecule is COC(=O)c1cc2c(ccc(=N)n2C(C)=N)n1Cc1ccccc1. The Bertz CT molecular complexity index is 983. The molecule has 0 saturated heterocycles. The molecule has 0 radical (unpaired) electrons. The van der Waals surface area contributed by atoms with Crippen molar-refractivity contribution < 1.29 is 9.53 Å². The highest BCUT2D eigenvalue weighted by Gasteiger charge is 2.18. The Hall–Kier alpha value is -3.15. The van der Waals surface area contributed by atoms with E-state index < -0.39 is 5.97 Å². The lowest BCUT2D eigenvalue weighted by Crippen LogP contribution is -2.24. The number of benzene rings is 1. The van der Waals surface area contributed by atoms with Crippen molar-refractivity contribution in [3.05, 3.63) is 65.3 Å². The predicted octanol–water partition coefficient (Wildman–Crippen LogP) is 2.60. The van der Waals surface area contributed by atoms with Crippen molar-refractivity contribution in [3.63, 3.8) is 0 Å². The zero-order valence-electron chi connectivity index (χ0n) is 13.5. The van der Waals surface area contributed by atoms with E-state index in [-0.39, 0.29) is 11.3 Å². The summed E-state index contributed by atoms with van der Waals surface area (Å²) in [4.78, 5) is 12.2. The number of nitrogens with one attached hydrogen (secondary N) is 2. The van der Waals surface area contributed by atoms with Crippen molar-refractivity contribution in [1.29, 1.82) is 10.8 Å². The van der Waals surface area contributed by atoms with E-state index in [2.05, 4.69) is 0 Å². The van der Waals surface area contributed by atoms with Gasteiger partial charge in [-0.2, -0.15) is 0 Å². The van der Waals surface area contributed by atoms with Crippen molar-refractivity contribution in [3.8, 4) is 0 Å². The number of pyridine rings is 1. The molecular weight excluding hydrogens is 304 g/mol. The number of hydrogen-bond acceptors (Lipinski definition) is 4. The Kier molecular flexibility index (Phi) is 4.04. The van der Waals surface area contributed by atoms with Gasteiger partial charge in [-0.25, -0.2) is 4.79 Å². The Morgan fingerprint density at radius 2 is 1.83 bits per heavy atom. The van der Waals surface area contributed by atoms with Gasteiger partial charge in [0.1, 0.15) is 17.0 Å². The second-order valence-electron chi connectivity index (χ2n) is 5.50. The summed E-state index contributed by atoms with van der Waals surface area (Å²) in [5.74, 6) is -0.221. The van der Waals surface area contributed by atoms with E-state index in [1.54, 1.807) is 25.1 Å². The summed E-state index contributed by atoms with van der Waals surface area (Å²) in [5.41, 5.74) is 3.07. The molecule has 2 aromatic heterocycles. The molecule has 0 fully saturated rings. The third kappa shape index (κ3) is 2.62. The van der Waals surface area contributed by atoms with Gasteiger partial charge >= 0.3 is 5.97 Å². The van der Waals surface area contributed by atoms with Gasteiger partial charge in [0.25, 0.3) is 0 Å². The smallest absolute Gasteiger partial charge is 0.354 e. The topological polar surface area (TPSA) is 83.9 Å². The maximum Gasteiger partial charge on any atom is 0.354 e. The number of esters is 1. The second kappa shape index (κ2) is 6.16. The van der Waals surface area contributed by atoms with E-state index >= 15 is 0 Å². The zero-order chi connectivity index (χ0) is 17.3. The van der Waals surface area contributed by atoms with Gasteiger partial charge in [0.15, 0.2) is 0 Å². The van der Waals surface area contributed by atoms with Crippen LogP contribution in [0, 0.1) is 10.8 Å². The third-order valence-corrected chi connectivity index (χ3v) is 3.91. The maximum atomic E-state index is 12.2. The number of fused-ring (bicyclic) bond motifs is 1. The molecule has 2 N–H and O–H groups in total. The summed E-state index contributed by atoms with van der Waals surface area (Å²) < 4.78 is 8.26. The predicted molar refractivity (Wildman–Crippen MR) is 91.5 cm³/mol. The Labute approximate surface area is 138 Å². The first-order valence-corrected chi connectivity index (χ1v) is 7.50. The number of hydrogen-bond donors (Lipinski definition) is 2. The molecule has 0 saturated carbocycles. The monoisotopic (exact) mass is 322 g/mol. The van der Waals surface area contributed by atoms with E-state index in [4.69, 9.17) is 15.6 Å². The zero-order valence-corrected chi connectivity index (χ0v) is 13.5. The summed E-state index contributed by atoms with van der Waals surface area (Å²) in [5, 5.41) is 16.0. The molecule has 6 nitrogen and oxygen atoms in total. The van der Waals surface area contributed by atoms with Crippen LogP contribution in [-0.2, 0) is 11.3 Å². The average Bonchev–Trinajstić information content (AvgIpc) is 2.93. The van der Waals surface area contributed by atoms with Gasteiger partial charge in [-0.1, -0.05) is 30.3 Å². The first kappa shape index (κ1) is 15.7. The molecule has 0 atom stereocenters. The second-order valence-corrected chi connectivity index (χ2v) is 5.50. The molecule has 3 aromatic rings. The van der Waals surface area contributed by atoms with Crippen LogP contribution >= 0.6 is 0 Å². The molecule has 122 valence electrons. The first-order valence-electron chi connectivity index (χ1n) is 7.50. The van der Waals surface area contributed by atoms with Crippen molar-refractivity contribution in [1.82, 2.24) is 9.13 Å². The average molecular weight is 322 g/mol. The van der Waals surface area contributed by atoms with Crippen LogP contribution in [0.25, 0.3) is 11.0 Å². The van der Waals surface area contributed by atoms with Crippen LogP contribution in [0.3, 0.4) is 0 Å². The number of nitrogens with zero attached hydrogens (tertiary/aromatic N) is 2. The Morgan fingerprint density at radius 3 is 2.46 bits per heavy atom. The molecule has 0 unspecified atom stereocenters. The summed E-state index contributed by atoms with van der Waals surface area (Å²) in [6.45, 7) is 2.12. The third-order valence-electron chi connectivity index (χ3n) is 3.91. The molecule has 1 aromatic carbocycles. The lowest BCUT2D eigenvalue weighted by Gasteiger charge is -2.11. The minimum atomic E-state index is -0.442. The Morgan fingerprint density at radius 1 is 1.12 bits per heavy atom. The fourth-order valence-electron chi connectivity index (χ4n) is 2.84. The number of aromatic nitrogens is 2. The number of ether oxygens (including phenoxy) is 1. The van der Waals surface area contributed by atoms with Crippen molar-refractivity contribution in [2.75, 3.05) is 7.11 Å². The van der Waals surface area contributed by atoms with Gasteiger partial charge in [-0.05, 0) is 30.7 Å². The van der Waals surface area contributed by atoms with Crippen LogP contribution in [0.1, 0.15) is 23.0 Å². The van der Waals surface area contributed by atoms with E-state index in [0.29, 0.717) is 17.8 Å². The van der Waals surface area contributed by atoms with E-state index in [1.807, 2.05) is 34.9 Å². The molecular formula is C18H18N4O2. The highest BCUT2D eigenvalue weighted by atomic mass is 16.5. The van der Waals surface area contributed by atoms with Crippen LogP contribution < -0.4 is 5.49 Å². The van der Waals surface area contributed by atoms with Crippen LogP contribution in [0.2, 0.25) is 0 Å². The van der Waals surface area contributed by atoms with Crippen molar-refractivity contribution >= 4 is 22.8 Å². The minimum Gasteiger partial charge on any atom is -0.464 e. The summed E-state index contributed by atoms with van der Waals surface area (Å²) in [6, 6.07) is 14.9. The number of carbonyl (C=O) groups excluding carboxylic acids is 1. The van der Waals surface area contributed by atoms with Crippen LogP contribution in [0.15, 0.2) is 48.5 Å². The molecule has 6 heteroatoms. The molecule has 0 aliphatic rings. The molecule has 0 aliphatic heterocycles. The molecule has 0 amide bonds. The van der Waals surface area contributed by atoms with Crippen LogP contribution in [0.4, 0.5) is 0 Å². The molecule has 2 heterocycles. The standard InChI is InChI=1S/C18H18N4O2/c1-12(19)22-15-10-16(18(23)24-2)21(14(15)8-9-17(22)20)11-13-6-4-3-5-7-13/h3-10,19-20H,11H2,1-2H3. The van der Waals surface area contributed by atoms with Crippen LogP contribution in [-0.4, -0.2) is 28.0 Å². The lowest BCUT2D eigenvalue weighted by atomic mass is 10.2. The summed E-state index contributed by atoms with van der Waals surface area (Å²) in [6.07, 6.45) is 0. The highest BCUT2D eigenvalue weighted by Crippen LogP contribution is 2.21. The summed E-state index contributed by atoms with van der Waals surface area (Å²) in [7, 11) is 1.35. The lowest BCUT2D eigenvalue weighted by molar-refractivity contribution is 0.0589. The van der Waals surface area contributed by atoms with Crippen molar-refractivity contribution in [2.24, 2.45) is 0 Å².